The fraction of sp³-hybridized carbons (Fsp3) is 0.200. The highest BCUT2D eigenvalue weighted by atomic mass is 32.2. The van der Waals surface area contributed by atoms with E-state index in [4.69, 9.17) is 0 Å². The predicted octanol–water partition coefficient (Wildman–Crippen LogP) is 2.59. The zero-order valence-electron chi connectivity index (χ0n) is 10.6. The van der Waals surface area contributed by atoms with Crippen LogP contribution in [0.1, 0.15) is 0 Å². The van der Waals surface area contributed by atoms with Crippen LogP contribution in [-0.4, -0.2) is 18.8 Å². The van der Waals surface area contributed by atoms with Crippen LogP contribution in [0.25, 0.3) is 0 Å². The van der Waals surface area contributed by atoms with Gasteiger partial charge in [-0.15, -0.1) is 11.8 Å². The minimum Gasteiger partial charge on any atom is -0.339 e. The van der Waals surface area contributed by atoms with E-state index in [0.717, 1.165) is 12.5 Å². The summed E-state index contributed by atoms with van der Waals surface area (Å²) in [4.78, 5) is 1.44. The maximum Gasteiger partial charge on any atom is 0.155 e. The molecule has 0 bridgehead atoms. The lowest BCUT2D eigenvalue weighted by atomic mass is 10.3. The molecule has 0 aliphatic carbocycles. The van der Waals surface area contributed by atoms with Crippen molar-refractivity contribution in [2.24, 2.45) is 0 Å². The molecule has 2 nitrogen and oxygen atoms in total. The van der Waals surface area contributed by atoms with Crippen molar-refractivity contribution in [1.82, 2.24) is 0 Å². The molecule has 3 heteroatoms. The highest BCUT2D eigenvalue weighted by Gasteiger charge is 2.09. The summed E-state index contributed by atoms with van der Waals surface area (Å²) in [7, 11) is 0. The Balaban J connectivity index is 1.99. The van der Waals surface area contributed by atoms with E-state index in [1.54, 1.807) is 0 Å². The second kappa shape index (κ2) is 7.09. The van der Waals surface area contributed by atoms with E-state index in [0.29, 0.717) is 0 Å². The molecule has 0 saturated carbocycles. The average Bonchev–Trinajstić information content (AvgIpc) is 2.45. The maximum absolute atomic E-state index is 3.48. The van der Waals surface area contributed by atoms with Gasteiger partial charge in [0.25, 0.3) is 0 Å². The van der Waals surface area contributed by atoms with Gasteiger partial charge in [-0.05, 0) is 30.5 Å². The number of quaternary nitrogens is 1. The highest BCUT2D eigenvalue weighted by molar-refractivity contribution is 7.98. The molecule has 2 rings (SSSR count). The van der Waals surface area contributed by atoms with E-state index in [1.165, 1.54) is 16.3 Å². The Labute approximate surface area is 113 Å². The van der Waals surface area contributed by atoms with Crippen molar-refractivity contribution in [2.75, 3.05) is 24.1 Å². The van der Waals surface area contributed by atoms with Crippen LogP contribution in [0.3, 0.4) is 0 Å². The first-order valence-electron chi connectivity index (χ1n) is 6.08. The SMILES string of the molecule is CSC[NH+](CNc1ccccc1)c1ccccc1. The third kappa shape index (κ3) is 3.79. The summed E-state index contributed by atoms with van der Waals surface area (Å²) < 4.78 is 0. The van der Waals surface area contributed by atoms with Crippen molar-refractivity contribution in [2.45, 2.75) is 0 Å². The second-order valence-electron chi connectivity index (χ2n) is 4.12. The summed E-state index contributed by atoms with van der Waals surface area (Å²) in [5.74, 6) is 1.06. The molecule has 2 aromatic rings. The topological polar surface area (TPSA) is 16.5 Å². The molecule has 1 unspecified atom stereocenters. The molecule has 94 valence electrons. The standard InChI is InChI=1S/C15H18N2S/c1-18-13-17(15-10-6-3-7-11-15)12-16-14-8-4-2-5-9-14/h2-11,16H,12-13H2,1H3/p+1. The quantitative estimate of drug-likeness (QED) is 0.776. The molecule has 0 heterocycles. The van der Waals surface area contributed by atoms with E-state index in [9.17, 15) is 0 Å². The molecule has 0 amide bonds. The van der Waals surface area contributed by atoms with Crippen molar-refractivity contribution < 1.29 is 4.90 Å². The first kappa shape index (κ1) is 13.0. The van der Waals surface area contributed by atoms with Gasteiger partial charge < -0.3 is 5.32 Å². The van der Waals surface area contributed by atoms with E-state index in [1.807, 2.05) is 17.8 Å². The van der Waals surface area contributed by atoms with Crippen LogP contribution in [0, 0.1) is 0 Å². The molecule has 2 N–H and O–H groups in total. The monoisotopic (exact) mass is 259 g/mol. The van der Waals surface area contributed by atoms with Gasteiger partial charge in [-0.25, -0.2) is 0 Å². The number of thioether (sulfide) groups is 1. The number of rotatable bonds is 6. The van der Waals surface area contributed by atoms with Gasteiger partial charge in [-0.3, -0.25) is 4.90 Å². The average molecular weight is 259 g/mol. The molecule has 18 heavy (non-hydrogen) atoms. The molecule has 0 aliphatic heterocycles. The van der Waals surface area contributed by atoms with Crippen LogP contribution in [-0.2, 0) is 0 Å². The molecule has 0 aliphatic rings. The van der Waals surface area contributed by atoms with Gasteiger partial charge in [-0.2, -0.15) is 0 Å². The van der Waals surface area contributed by atoms with Crippen molar-refractivity contribution >= 4 is 23.1 Å². The predicted molar refractivity (Wildman–Crippen MR) is 80.4 cm³/mol. The van der Waals surface area contributed by atoms with Gasteiger partial charge in [0, 0.05) is 5.69 Å². The van der Waals surface area contributed by atoms with Crippen LogP contribution in [0.4, 0.5) is 11.4 Å². The Morgan fingerprint density at radius 1 is 0.944 bits per heavy atom. The van der Waals surface area contributed by atoms with Crippen molar-refractivity contribution in [1.29, 1.82) is 0 Å². The van der Waals surface area contributed by atoms with Gasteiger partial charge in [0.1, 0.15) is 11.6 Å². The van der Waals surface area contributed by atoms with Crippen LogP contribution in [0.5, 0.6) is 0 Å². The Hall–Kier alpha value is -1.45. The van der Waals surface area contributed by atoms with Crippen molar-refractivity contribution in [3.8, 4) is 0 Å². The molecule has 0 spiro atoms. The molecular weight excluding hydrogens is 240 g/mol. The molecule has 2 aromatic carbocycles. The zero-order chi connectivity index (χ0) is 12.6. The lowest BCUT2D eigenvalue weighted by Gasteiger charge is -2.19. The zero-order valence-corrected chi connectivity index (χ0v) is 11.4. The van der Waals surface area contributed by atoms with Crippen LogP contribution in [0.15, 0.2) is 60.7 Å². The maximum atomic E-state index is 3.48. The number of hydrogen-bond acceptors (Lipinski definition) is 2. The summed E-state index contributed by atoms with van der Waals surface area (Å²) in [6, 6.07) is 21.0. The normalized spacial score (nSPS) is 12.1. The Bertz CT molecular complexity index is 445. The minimum absolute atomic E-state index is 0.898. The van der Waals surface area contributed by atoms with Crippen LogP contribution in [0.2, 0.25) is 0 Å². The summed E-state index contributed by atoms with van der Waals surface area (Å²) in [5.41, 5.74) is 2.50. The molecule has 0 aromatic heterocycles. The number of benzene rings is 2. The second-order valence-corrected chi connectivity index (χ2v) is 4.99. The minimum atomic E-state index is 0.898. The van der Waals surface area contributed by atoms with Crippen LogP contribution < -0.4 is 10.2 Å². The highest BCUT2D eigenvalue weighted by Crippen LogP contribution is 2.04. The molecule has 0 radical (unpaired) electrons. The summed E-state index contributed by atoms with van der Waals surface area (Å²) in [5, 5.41) is 3.48. The molecule has 1 atom stereocenters. The largest absolute Gasteiger partial charge is 0.339 e. The molecule has 0 fully saturated rings. The van der Waals surface area contributed by atoms with Gasteiger partial charge in [-0.1, -0.05) is 36.4 Å². The third-order valence-electron chi connectivity index (χ3n) is 2.78. The van der Waals surface area contributed by atoms with E-state index < -0.39 is 0 Å². The summed E-state index contributed by atoms with van der Waals surface area (Å²) >= 11 is 1.86. The fourth-order valence-corrected chi connectivity index (χ4v) is 2.47. The Morgan fingerprint density at radius 3 is 2.17 bits per heavy atom. The van der Waals surface area contributed by atoms with Gasteiger partial charge >= 0.3 is 0 Å². The lowest BCUT2D eigenvalue weighted by molar-refractivity contribution is -0.814. The lowest BCUT2D eigenvalue weighted by Crippen LogP contribution is -3.07. The Morgan fingerprint density at radius 2 is 1.56 bits per heavy atom. The van der Waals surface area contributed by atoms with Gasteiger partial charge in [0.15, 0.2) is 6.67 Å². The summed E-state index contributed by atoms with van der Waals surface area (Å²) in [6.07, 6.45) is 2.14. The molecular formula is C15H19N2S+. The smallest absolute Gasteiger partial charge is 0.155 e. The van der Waals surface area contributed by atoms with Crippen molar-refractivity contribution in [3.05, 3.63) is 60.7 Å². The third-order valence-corrected chi connectivity index (χ3v) is 3.42. The van der Waals surface area contributed by atoms with E-state index in [-0.39, 0.29) is 0 Å². The van der Waals surface area contributed by atoms with E-state index in [2.05, 4.69) is 66.2 Å². The van der Waals surface area contributed by atoms with Gasteiger partial charge in [0.05, 0.1) is 0 Å². The van der Waals surface area contributed by atoms with Crippen molar-refractivity contribution in [3.63, 3.8) is 0 Å². The first-order chi connectivity index (χ1) is 8.90. The Kier molecular flexibility index (Phi) is 5.12. The van der Waals surface area contributed by atoms with E-state index >= 15 is 0 Å². The molecule has 0 saturated heterocycles. The fourth-order valence-electron chi connectivity index (χ4n) is 1.85. The van der Waals surface area contributed by atoms with Crippen LogP contribution >= 0.6 is 11.8 Å². The number of hydrogen-bond donors (Lipinski definition) is 2. The number of anilines is 1. The van der Waals surface area contributed by atoms with Gasteiger partial charge in [0.2, 0.25) is 0 Å². The number of para-hydroxylation sites is 2. The number of nitrogens with one attached hydrogen (secondary N) is 2. The summed E-state index contributed by atoms with van der Waals surface area (Å²) in [6.45, 7) is 0.898. The first-order valence-corrected chi connectivity index (χ1v) is 7.47.